The largest absolute Gasteiger partial charge is 0.310 e. The Morgan fingerprint density at radius 3 is 2.71 bits per heavy atom. The van der Waals surface area contributed by atoms with Crippen LogP contribution in [0, 0.1) is 0 Å². The van der Waals surface area contributed by atoms with Crippen LogP contribution in [0.2, 0.25) is 0 Å². The molecule has 1 aliphatic rings. The molecule has 0 radical (unpaired) electrons. The molecule has 0 aliphatic heterocycles. The number of rotatable bonds is 6. The monoisotopic (exact) mass is 305 g/mol. The first kappa shape index (κ1) is 13.9. The molecular formula is C13H15N5O2S. The third kappa shape index (κ3) is 3.73. The summed E-state index contributed by atoms with van der Waals surface area (Å²) in [5.41, 5.74) is 0.959. The molecule has 7 nitrogen and oxygen atoms in total. The summed E-state index contributed by atoms with van der Waals surface area (Å²) >= 11 is 0. The van der Waals surface area contributed by atoms with Crippen molar-refractivity contribution in [3.8, 4) is 0 Å². The number of pyridine rings is 1. The van der Waals surface area contributed by atoms with E-state index in [1.165, 1.54) is 31.2 Å². The molecule has 2 heterocycles. The molecule has 0 spiro atoms. The van der Waals surface area contributed by atoms with Gasteiger partial charge >= 0.3 is 0 Å². The van der Waals surface area contributed by atoms with Crippen molar-refractivity contribution in [2.45, 2.75) is 30.5 Å². The molecule has 2 aromatic heterocycles. The Kier molecular flexibility index (Phi) is 3.80. The van der Waals surface area contributed by atoms with Gasteiger partial charge in [-0.05, 0) is 36.6 Å². The number of anilines is 1. The maximum atomic E-state index is 12.1. The summed E-state index contributed by atoms with van der Waals surface area (Å²) in [7, 11) is -3.73. The van der Waals surface area contributed by atoms with Gasteiger partial charge in [-0.2, -0.15) is 13.5 Å². The van der Waals surface area contributed by atoms with Crippen LogP contribution >= 0.6 is 0 Å². The zero-order valence-electron chi connectivity index (χ0n) is 11.2. The van der Waals surface area contributed by atoms with Crippen LogP contribution in [-0.4, -0.2) is 29.6 Å². The van der Waals surface area contributed by atoms with Crippen molar-refractivity contribution in [3.05, 3.63) is 42.2 Å². The number of nitrogens with zero attached hydrogens (tertiary/aromatic N) is 3. The Morgan fingerprint density at radius 2 is 2.10 bits per heavy atom. The zero-order valence-corrected chi connectivity index (χ0v) is 12.0. The van der Waals surface area contributed by atoms with E-state index in [0.717, 1.165) is 5.56 Å². The molecule has 0 aromatic carbocycles. The quantitative estimate of drug-likeness (QED) is 0.824. The zero-order chi connectivity index (χ0) is 14.7. The second kappa shape index (κ2) is 5.74. The summed E-state index contributed by atoms with van der Waals surface area (Å²) in [4.78, 5) is 4.01. The first-order valence-electron chi connectivity index (χ1n) is 6.62. The predicted octanol–water partition coefficient (Wildman–Crippen LogP) is 0.924. The average molecular weight is 305 g/mol. The van der Waals surface area contributed by atoms with Crippen LogP contribution in [-0.2, 0) is 16.6 Å². The van der Waals surface area contributed by atoms with E-state index in [1.54, 1.807) is 18.3 Å². The number of nitrogens with one attached hydrogen (secondary N) is 2. The van der Waals surface area contributed by atoms with Crippen molar-refractivity contribution in [1.29, 1.82) is 0 Å². The van der Waals surface area contributed by atoms with E-state index in [9.17, 15) is 8.42 Å². The van der Waals surface area contributed by atoms with Gasteiger partial charge in [0.05, 0.1) is 0 Å². The van der Waals surface area contributed by atoms with Crippen molar-refractivity contribution in [3.63, 3.8) is 0 Å². The van der Waals surface area contributed by atoms with Crippen LogP contribution in [0.4, 0.5) is 5.82 Å². The molecule has 0 saturated heterocycles. The Morgan fingerprint density at radius 1 is 1.24 bits per heavy atom. The van der Waals surface area contributed by atoms with Gasteiger partial charge in [-0.1, -0.05) is 6.07 Å². The Hall–Kier alpha value is -2.06. The molecule has 2 N–H and O–H groups in total. The minimum Gasteiger partial charge on any atom is -0.310 e. The second-order valence-corrected chi connectivity index (χ2v) is 6.50. The predicted molar refractivity (Wildman–Crippen MR) is 76.9 cm³/mol. The van der Waals surface area contributed by atoms with Gasteiger partial charge in [0.2, 0.25) is 0 Å². The Bertz CT molecular complexity index is 699. The van der Waals surface area contributed by atoms with Crippen LogP contribution in [0.1, 0.15) is 18.4 Å². The molecule has 0 bridgehead atoms. The SMILES string of the molecule is O=S(=O)(Nc1cccnn1)c1ccc(CNC2CC2)cn1. The Balaban J connectivity index is 1.69. The molecule has 1 saturated carbocycles. The molecule has 3 rings (SSSR count). The van der Waals surface area contributed by atoms with E-state index in [-0.39, 0.29) is 10.8 Å². The third-order valence-electron chi connectivity index (χ3n) is 3.06. The van der Waals surface area contributed by atoms with Gasteiger partial charge in [0, 0.05) is 25.0 Å². The molecule has 0 unspecified atom stereocenters. The Labute approximate surface area is 122 Å². The molecule has 1 aliphatic carbocycles. The minimum absolute atomic E-state index is 0.0386. The topological polar surface area (TPSA) is 96.9 Å². The average Bonchev–Trinajstić information content (AvgIpc) is 3.30. The molecular weight excluding hydrogens is 290 g/mol. The number of hydrogen-bond donors (Lipinski definition) is 2. The number of hydrogen-bond acceptors (Lipinski definition) is 6. The summed E-state index contributed by atoms with van der Waals surface area (Å²) in [6.45, 7) is 0.704. The first-order chi connectivity index (χ1) is 10.1. The van der Waals surface area contributed by atoms with Gasteiger partial charge in [-0.15, -0.1) is 5.10 Å². The van der Waals surface area contributed by atoms with E-state index < -0.39 is 10.0 Å². The van der Waals surface area contributed by atoms with Crippen molar-refractivity contribution >= 4 is 15.8 Å². The lowest BCUT2D eigenvalue weighted by Crippen LogP contribution is -2.17. The van der Waals surface area contributed by atoms with Crippen LogP contribution in [0.3, 0.4) is 0 Å². The molecule has 0 atom stereocenters. The molecule has 110 valence electrons. The highest BCUT2D eigenvalue weighted by molar-refractivity contribution is 7.92. The summed E-state index contributed by atoms with van der Waals surface area (Å²) in [5.74, 6) is 0.166. The molecule has 0 amide bonds. The maximum absolute atomic E-state index is 12.1. The first-order valence-corrected chi connectivity index (χ1v) is 8.11. The lowest BCUT2D eigenvalue weighted by atomic mass is 10.3. The van der Waals surface area contributed by atoms with Gasteiger partial charge in [0.1, 0.15) is 0 Å². The fraction of sp³-hybridized carbons (Fsp3) is 0.308. The third-order valence-corrected chi connectivity index (χ3v) is 4.33. The summed E-state index contributed by atoms with van der Waals surface area (Å²) in [6.07, 6.45) is 5.46. The van der Waals surface area contributed by atoms with Crippen molar-refractivity contribution in [1.82, 2.24) is 20.5 Å². The highest BCUT2D eigenvalue weighted by Crippen LogP contribution is 2.19. The fourth-order valence-electron chi connectivity index (χ4n) is 1.77. The van der Waals surface area contributed by atoms with Crippen molar-refractivity contribution in [2.24, 2.45) is 0 Å². The molecule has 2 aromatic rings. The normalized spacial score (nSPS) is 14.9. The number of aromatic nitrogens is 3. The lowest BCUT2D eigenvalue weighted by molar-refractivity contribution is 0.597. The van der Waals surface area contributed by atoms with E-state index in [1.807, 2.05) is 0 Å². The summed E-state index contributed by atoms with van der Waals surface area (Å²) < 4.78 is 26.6. The van der Waals surface area contributed by atoms with Gasteiger partial charge in [-0.3, -0.25) is 4.72 Å². The van der Waals surface area contributed by atoms with Gasteiger partial charge in [0.15, 0.2) is 10.8 Å². The van der Waals surface area contributed by atoms with E-state index in [0.29, 0.717) is 12.6 Å². The van der Waals surface area contributed by atoms with Gasteiger partial charge < -0.3 is 5.32 Å². The lowest BCUT2D eigenvalue weighted by Gasteiger charge is -2.07. The second-order valence-electron chi connectivity index (χ2n) is 4.87. The number of sulfonamides is 1. The van der Waals surface area contributed by atoms with E-state index >= 15 is 0 Å². The van der Waals surface area contributed by atoms with Gasteiger partial charge in [-0.25, -0.2) is 4.98 Å². The van der Waals surface area contributed by atoms with Crippen molar-refractivity contribution < 1.29 is 8.42 Å². The van der Waals surface area contributed by atoms with Crippen LogP contribution in [0.25, 0.3) is 0 Å². The van der Waals surface area contributed by atoms with Crippen LogP contribution in [0.5, 0.6) is 0 Å². The highest BCUT2D eigenvalue weighted by atomic mass is 32.2. The standard InChI is InChI=1S/C13H15N5O2S/c19-21(20,18-12-2-1-7-16-17-12)13-6-3-10(9-15-13)8-14-11-4-5-11/h1-3,6-7,9,11,14H,4-5,8H2,(H,17,18). The highest BCUT2D eigenvalue weighted by Gasteiger charge is 2.20. The fourth-order valence-corrected chi connectivity index (χ4v) is 2.70. The summed E-state index contributed by atoms with van der Waals surface area (Å²) in [6, 6.07) is 6.98. The molecule has 1 fully saturated rings. The van der Waals surface area contributed by atoms with Crippen molar-refractivity contribution in [2.75, 3.05) is 4.72 Å². The van der Waals surface area contributed by atoms with E-state index in [4.69, 9.17) is 0 Å². The van der Waals surface area contributed by atoms with E-state index in [2.05, 4.69) is 25.2 Å². The smallest absolute Gasteiger partial charge is 0.280 e. The van der Waals surface area contributed by atoms with Crippen LogP contribution < -0.4 is 10.0 Å². The summed E-state index contributed by atoms with van der Waals surface area (Å²) in [5, 5.41) is 10.6. The van der Waals surface area contributed by atoms with Gasteiger partial charge in [0.25, 0.3) is 10.0 Å². The maximum Gasteiger partial charge on any atom is 0.280 e. The minimum atomic E-state index is -3.73. The van der Waals surface area contributed by atoms with Crippen LogP contribution in [0.15, 0.2) is 41.7 Å². The molecule has 8 heteroatoms. The molecule has 21 heavy (non-hydrogen) atoms.